The minimum absolute atomic E-state index is 0.104. The number of nitrogens with zero attached hydrogens (tertiary/aromatic N) is 1. The van der Waals surface area contributed by atoms with E-state index in [0.717, 1.165) is 16.5 Å². The lowest BCUT2D eigenvalue weighted by atomic mass is 10.1. The first kappa shape index (κ1) is 12.5. The van der Waals surface area contributed by atoms with Crippen LogP contribution in [-0.2, 0) is 0 Å². The van der Waals surface area contributed by atoms with Gasteiger partial charge in [-0.25, -0.2) is 0 Å². The summed E-state index contributed by atoms with van der Waals surface area (Å²) in [7, 11) is 0. The normalized spacial score (nSPS) is 12.5. The molecule has 1 aromatic carbocycles. The first-order valence-electron chi connectivity index (χ1n) is 6.45. The summed E-state index contributed by atoms with van der Waals surface area (Å²) < 4.78 is 4.95. The van der Waals surface area contributed by atoms with Crippen molar-refractivity contribution in [3.63, 3.8) is 0 Å². The molecule has 3 aromatic rings. The van der Waals surface area contributed by atoms with E-state index in [0.29, 0.717) is 5.69 Å². The molecular formula is C15H15N3O2. The van der Waals surface area contributed by atoms with Crippen LogP contribution in [0.1, 0.15) is 34.8 Å². The molecule has 0 aliphatic carbocycles. The van der Waals surface area contributed by atoms with Crippen LogP contribution < -0.4 is 5.32 Å². The van der Waals surface area contributed by atoms with Crippen molar-refractivity contribution >= 4 is 16.8 Å². The molecule has 102 valence electrons. The van der Waals surface area contributed by atoms with Gasteiger partial charge in [0.05, 0.1) is 11.7 Å². The highest BCUT2D eigenvalue weighted by Gasteiger charge is 2.15. The molecule has 5 nitrogen and oxygen atoms in total. The zero-order valence-corrected chi connectivity index (χ0v) is 11.3. The van der Waals surface area contributed by atoms with E-state index in [2.05, 4.69) is 21.5 Å². The van der Waals surface area contributed by atoms with Gasteiger partial charge >= 0.3 is 0 Å². The molecule has 5 heteroatoms. The van der Waals surface area contributed by atoms with Gasteiger partial charge in [0.1, 0.15) is 0 Å². The predicted molar refractivity (Wildman–Crippen MR) is 75.4 cm³/mol. The third kappa shape index (κ3) is 2.30. The first-order chi connectivity index (χ1) is 9.63. The Balaban J connectivity index is 1.78. The fraction of sp³-hybridized carbons (Fsp3) is 0.200. The number of fused-ring (bicyclic) bond motifs is 1. The summed E-state index contributed by atoms with van der Waals surface area (Å²) in [6.45, 7) is 3.72. The second-order valence-corrected chi connectivity index (χ2v) is 4.85. The Bertz CT molecular complexity index is 757. The molecule has 0 spiro atoms. The lowest BCUT2D eigenvalue weighted by molar-refractivity contribution is 0.0902. The number of hydrogen-bond donors (Lipinski definition) is 2. The molecule has 20 heavy (non-hydrogen) atoms. The van der Waals surface area contributed by atoms with Gasteiger partial charge in [-0.15, -0.1) is 0 Å². The quantitative estimate of drug-likeness (QED) is 0.768. The summed E-state index contributed by atoms with van der Waals surface area (Å²) in [5.74, 6) is -0.0238. The van der Waals surface area contributed by atoms with Gasteiger partial charge in [-0.1, -0.05) is 11.2 Å². The molecule has 1 amide bonds. The maximum Gasteiger partial charge on any atom is 0.290 e. The lowest BCUT2D eigenvalue weighted by Crippen LogP contribution is -2.26. The summed E-state index contributed by atoms with van der Waals surface area (Å²) in [5, 5.41) is 7.74. The highest BCUT2D eigenvalue weighted by molar-refractivity contribution is 5.91. The third-order valence-electron chi connectivity index (χ3n) is 3.28. The Hall–Kier alpha value is -2.56. The van der Waals surface area contributed by atoms with Gasteiger partial charge in [-0.2, -0.15) is 0 Å². The second kappa shape index (κ2) is 4.85. The van der Waals surface area contributed by atoms with Crippen molar-refractivity contribution in [3.05, 3.63) is 53.5 Å². The standard InChI is InChI=1S/C15H15N3O2/c1-9-7-14(20-18-9)15(19)17-10(2)11-3-4-13-12(8-11)5-6-16-13/h3-8,10,16H,1-2H3,(H,17,19). The summed E-state index contributed by atoms with van der Waals surface area (Å²) in [6.07, 6.45) is 1.90. The smallest absolute Gasteiger partial charge is 0.290 e. The van der Waals surface area contributed by atoms with Crippen LogP contribution >= 0.6 is 0 Å². The Kier molecular flexibility index (Phi) is 3.02. The number of H-pyrrole nitrogens is 1. The number of aryl methyl sites for hydroxylation is 1. The second-order valence-electron chi connectivity index (χ2n) is 4.85. The summed E-state index contributed by atoms with van der Waals surface area (Å²) >= 11 is 0. The zero-order chi connectivity index (χ0) is 14.1. The number of amides is 1. The van der Waals surface area contributed by atoms with E-state index in [9.17, 15) is 4.79 Å². The number of rotatable bonds is 3. The van der Waals surface area contributed by atoms with Crippen LogP contribution in [0.4, 0.5) is 0 Å². The molecule has 2 N–H and O–H groups in total. The highest BCUT2D eigenvalue weighted by atomic mass is 16.5. The van der Waals surface area contributed by atoms with Crippen molar-refractivity contribution in [2.45, 2.75) is 19.9 Å². The van der Waals surface area contributed by atoms with E-state index in [4.69, 9.17) is 4.52 Å². The van der Waals surface area contributed by atoms with Crippen LogP contribution in [0, 0.1) is 6.92 Å². The van der Waals surface area contributed by atoms with E-state index in [1.807, 2.05) is 31.3 Å². The predicted octanol–water partition coefficient (Wildman–Crippen LogP) is 2.96. The minimum atomic E-state index is -0.257. The lowest BCUT2D eigenvalue weighted by Gasteiger charge is -2.13. The molecule has 0 saturated heterocycles. The van der Waals surface area contributed by atoms with Gasteiger partial charge in [0.25, 0.3) is 5.91 Å². The van der Waals surface area contributed by atoms with E-state index < -0.39 is 0 Å². The van der Waals surface area contributed by atoms with Crippen LogP contribution in [0.25, 0.3) is 10.9 Å². The molecule has 3 rings (SSSR count). The van der Waals surface area contributed by atoms with Gasteiger partial charge in [-0.3, -0.25) is 4.79 Å². The number of benzene rings is 1. The molecule has 0 fully saturated rings. The molecular weight excluding hydrogens is 254 g/mol. The van der Waals surface area contributed by atoms with Crippen molar-refractivity contribution in [1.29, 1.82) is 0 Å². The Morgan fingerprint density at radius 1 is 1.35 bits per heavy atom. The van der Waals surface area contributed by atoms with Gasteiger partial charge in [0.15, 0.2) is 0 Å². The average molecular weight is 269 g/mol. The van der Waals surface area contributed by atoms with Gasteiger partial charge < -0.3 is 14.8 Å². The maximum absolute atomic E-state index is 12.0. The van der Waals surface area contributed by atoms with Crippen molar-refractivity contribution < 1.29 is 9.32 Å². The van der Waals surface area contributed by atoms with Crippen LogP contribution in [0.3, 0.4) is 0 Å². The molecule has 1 atom stereocenters. The largest absolute Gasteiger partial charge is 0.361 e. The SMILES string of the molecule is Cc1cc(C(=O)NC(C)c2ccc3[nH]ccc3c2)on1. The molecule has 0 aliphatic rings. The molecule has 2 aromatic heterocycles. The Morgan fingerprint density at radius 2 is 2.20 bits per heavy atom. The first-order valence-corrected chi connectivity index (χ1v) is 6.45. The van der Waals surface area contributed by atoms with Crippen LogP contribution in [0.2, 0.25) is 0 Å². The van der Waals surface area contributed by atoms with Crippen LogP contribution in [-0.4, -0.2) is 16.0 Å². The van der Waals surface area contributed by atoms with Crippen molar-refractivity contribution in [1.82, 2.24) is 15.5 Å². The Morgan fingerprint density at radius 3 is 2.95 bits per heavy atom. The van der Waals surface area contributed by atoms with Gasteiger partial charge in [0, 0.05) is 17.8 Å². The van der Waals surface area contributed by atoms with Crippen molar-refractivity contribution in [3.8, 4) is 0 Å². The number of nitrogens with one attached hydrogen (secondary N) is 2. The van der Waals surface area contributed by atoms with E-state index in [1.54, 1.807) is 13.0 Å². The number of hydrogen-bond acceptors (Lipinski definition) is 3. The van der Waals surface area contributed by atoms with Crippen LogP contribution in [0.15, 0.2) is 41.1 Å². The molecule has 2 heterocycles. The maximum atomic E-state index is 12.0. The highest BCUT2D eigenvalue weighted by Crippen LogP contribution is 2.19. The molecule has 0 bridgehead atoms. The molecule has 0 radical (unpaired) electrons. The zero-order valence-electron chi connectivity index (χ0n) is 11.3. The number of carbonyl (C=O) groups excluding carboxylic acids is 1. The van der Waals surface area contributed by atoms with E-state index >= 15 is 0 Å². The summed E-state index contributed by atoms with van der Waals surface area (Å²) in [6, 6.07) is 9.58. The fourth-order valence-corrected chi connectivity index (χ4v) is 2.16. The minimum Gasteiger partial charge on any atom is -0.361 e. The summed E-state index contributed by atoms with van der Waals surface area (Å²) in [5.41, 5.74) is 2.82. The number of carbonyl (C=O) groups is 1. The van der Waals surface area contributed by atoms with E-state index in [-0.39, 0.29) is 17.7 Å². The molecule has 0 aliphatic heterocycles. The Labute approximate surface area is 116 Å². The monoisotopic (exact) mass is 269 g/mol. The number of aromatic nitrogens is 2. The van der Waals surface area contributed by atoms with E-state index in [1.165, 1.54) is 0 Å². The topological polar surface area (TPSA) is 70.9 Å². The van der Waals surface area contributed by atoms with Crippen LogP contribution in [0.5, 0.6) is 0 Å². The third-order valence-corrected chi connectivity index (χ3v) is 3.28. The number of aromatic amines is 1. The van der Waals surface area contributed by atoms with Crippen molar-refractivity contribution in [2.24, 2.45) is 0 Å². The van der Waals surface area contributed by atoms with Crippen molar-refractivity contribution in [2.75, 3.05) is 0 Å². The van der Waals surface area contributed by atoms with Gasteiger partial charge in [-0.05, 0) is 43.0 Å². The summed E-state index contributed by atoms with van der Waals surface area (Å²) in [4.78, 5) is 15.1. The molecule has 0 saturated carbocycles. The fourth-order valence-electron chi connectivity index (χ4n) is 2.16. The average Bonchev–Trinajstić information content (AvgIpc) is 3.05. The van der Waals surface area contributed by atoms with Gasteiger partial charge in [0.2, 0.25) is 5.76 Å². The molecule has 1 unspecified atom stereocenters.